The van der Waals surface area contributed by atoms with Crippen LogP contribution in [0.3, 0.4) is 0 Å². The molecule has 0 unspecified atom stereocenters. The summed E-state index contributed by atoms with van der Waals surface area (Å²) in [6.45, 7) is 2.56. The van der Waals surface area contributed by atoms with Crippen LogP contribution in [0.5, 0.6) is 0 Å². The lowest BCUT2D eigenvalue weighted by molar-refractivity contribution is 0.182. The molecule has 0 aliphatic heterocycles. The normalized spacial score (nSPS) is 10.7. The summed E-state index contributed by atoms with van der Waals surface area (Å²) in [6, 6.07) is 0. The molecular formula is C12H21ClN4O2. The number of rotatable bonds is 8. The molecule has 0 saturated carbocycles. The third-order valence-corrected chi connectivity index (χ3v) is 3.16. The fraction of sp³-hybridized carbons (Fsp3) is 0.667. The molecule has 0 saturated heterocycles. The summed E-state index contributed by atoms with van der Waals surface area (Å²) >= 11 is 6.11. The molecule has 1 N–H and O–H groups in total. The van der Waals surface area contributed by atoms with E-state index in [0.717, 1.165) is 19.5 Å². The maximum atomic E-state index is 12.0. The Hall–Kier alpha value is -1.11. The van der Waals surface area contributed by atoms with E-state index >= 15 is 0 Å². The predicted molar refractivity (Wildman–Crippen MR) is 77.2 cm³/mol. The topological polar surface area (TPSA) is 59.4 Å². The van der Waals surface area contributed by atoms with Crippen LogP contribution < -0.4 is 15.8 Å². The zero-order chi connectivity index (χ0) is 14.3. The Morgan fingerprint density at radius 2 is 2.32 bits per heavy atom. The van der Waals surface area contributed by atoms with Gasteiger partial charge in [-0.25, -0.2) is 4.68 Å². The standard InChI is InChI=1S/C12H21ClN4O2/c1-14-5-4-6-16(2)10-9-15-17(7-8-19-3)12(18)11(10)13/h9,14H,4-8H2,1-3H3. The minimum Gasteiger partial charge on any atom is -0.383 e. The number of nitrogens with one attached hydrogen (secondary N) is 1. The molecule has 0 bridgehead atoms. The Morgan fingerprint density at radius 3 is 2.95 bits per heavy atom. The molecule has 108 valence electrons. The molecule has 0 fully saturated rings. The second-order valence-electron chi connectivity index (χ2n) is 4.24. The van der Waals surface area contributed by atoms with Crippen molar-refractivity contribution < 1.29 is 4.74 Å². The van der Waals surface area contributed by atoms with E-state index in [1.54, 1.807) is 13.3 Å². The first kappa shape index (κ1) is 15.9. The van der Waals surface area contributed by atoms with Crippen LogP contribution in [-0.2, 0) is 11.3 Å². The smallest absolute Gasteiger partial charge is 0.287 e. The Balaban J connectivity index is 2.80. The number of anilines is 1. The molecular weight excluding hydrogens is 268 g/mol. The van der Waals surface area contributed by atoms with Crippen LogP contribution in [0.25, 0.3) is 0 Å². The number of hydrogen-bond donors (Lipinski definition) is 1. The first-order chi connectivity index (χ1) is 9.11. The summed E-state index contributed by atoms with van der Waals surface area (Å²) in [5, 5.41) is 7.39. The largest absolute Gasteiger partial charge is 0.383 e. The van der Waals surface area contributed by atoms with Crippen molar-refractivity contribution in [2.45, 2.75) is 13.0 Å². The van der Waals surface area contributed by atoms with Crippen molar-refractivity contribution in [1.82, 2.24) is 15.1 Å². The van der Waals surface area contributed by atoms with Crippen molar-refractivity contribution in [2.75, 3.05) is 45.8 Å². The number of nitrogens with zero attached hydrogens (tertiary/aromatic N) is 3. The molecule has 1 heterocycles. The van der Waals surface area contributed by atoms with Crippen molar-refractivity contribution in [1.29, 1.82) is 0 Å². The molecule has 0 amide bonds. The summed E-state index contributed by atoms with van der Waals surface area (Å²) in [5.74, 6) is 0. The number of halogens is 1. The quantitative estimate of drug-likeness (QED) is 0.710. The third kappa shape index (κ3) is 4.49. The SMILES string of the molecule is CNCCCN(C)c1cnn(CCOC)c(=O)c1Cl. The maximum Gasteiger partial charge on any atom is 0.287 e. The lowest BCUT2D eigenvalue weighted by Crippen LogP contribution is -2.29. The number of methoxy groups -OCH3 is 1. The lowest BCUT2D eigenvalue weighted by Gasteiger charge is -2.20. The average Bonchev–Trinajstić information content (AvgIpc) is 2.40. The Labute approximate surface area is 118 Å². The second kappa shape index (κ2) is 8.14. The van der Waals surface area contributed by atoms with Crippen molar-refractivity contribution in [3.05, 3.63) is 21.6 Å². The zero-order valence-corrected chi connectivity index (χ0v) is 12.4. The van der Waals surface area contributed by atoms with E-state index in [1.165, 1.54) is 4.68 Å². The number of ether oxygens (including phenoxy) is 1. The molecule has 6 nitrogen and oxygen atoms in total. The Kier molecular flexibility index (Phi) is 6.83. The van der Waals surface area contributed by atoms with Gasteiger partial charge in [-0.05, 0) is 20.0 Å². The third-order valence-electron chi connectivity index (χ3n) is 2.81. The molecule has 0 aliphatic rings. The van der Waals surface area contributed by atoms with E-state index in [2.05, 4.69) is 10.4 Å². The van der Waals surface area contributed by atoms with Gasteiger partial charge in [0.1, 0.15) is 5.02 Å². The minimum absolute atomic E-state index is 0.207. The summed E-state index contributed by atoms with van der Waals surface area (Å²) in [5.41, 5.74) is 0.383. The van der Waals surface area contributed by atoms with Crippen molar-refractivity contribution >= 4 is 17.3 Å². The fourth-order valence-corrected chi connectivity index (χ4v) is 1.96. The van der Waals surface area contributed by atoms with Crippen molar-refractivity contribution in [2.24, 2.45) is 0 Å². The molecule has 0 spiro atoms. The molecule has 0 radical (unpaired) electrons. The van der Waals surface area contributed by atoms with Gasteiger partial charge in [0.2, 0.25) is 0 Å². The van der Waals surface area contributed by atoms with Crippen LogP contribution in [-0.4, -0.2) is 50.7 Å². The molecule has 7 heteroatoms. The Morgan fingerprint density at radius 1 is 1.58 bits per heavy atom. The summed E-state index contributed by atoms with van der Waals surface area (Å²) in [7, 11) is 5.39. The van der Waals surface area contributed by atoms with Gasteiger partial charge >= 0.3 is 0 Å². The molecule has 1 aromatic heterocycles. The second-order valence-corrected chi connectivity index (χ2v) is 4.62. The van der Waals surface area contributed by atoms with Gasteiger partial charge in [-0.1, -0.05) is 11.6 Å². The van der Waals surface area contributed by atoms with Crippen LogP contribution in [0.4, 0.5) is 5.69 Å². The van der Waals surface area contributed by atoms with Crippen molar-refractivity contribution in [3.8, 4) is 0 Å². The summed E-state index contributed by atoms with van der Waals surface area (Å²) < 4.78 is 6.24. The highest BCUT2D eigenvalue weighted by molar-refractivity contribution is 6.33. The lowest BCUT2D eigenvalue weighted by atomic mass is 10.3. The van der Waals surface area contributed by atoms with Crippen LogP contribution in [0.2, 0.25) is 5.02 Å². The Bertz CT molecular complexity index is 450. The molecule has 0 aromatic carbocycles. The van der Waals surface area contributed by atoms with Gasteiger partial charge in [-0.3, -0.25) is 4.79 Å². The molecule has 1 rings (SSSR count). The monoisotopic (exact) mass is 288 g/mol. The fourth-order valence-electron chi connectivity index (χ4n) is 1.67. The van der Waals surface area contributed by atoms with E-state index in [-0.39, 0.29) is 10.6 Å². The minimum atomic E-state index is -0.281. The van der Waals surface area contributed by atoms with Crippen LogP contribution in [0.15, 0.2) is 11.0 Å². The van der Waals surface area contributed by atoms with Gasteiger partial charge in [0, 0.05) is 20.7 Å². The van der Waals surface area contributed by atoms with Gasteiger partial charge in [0.25, 0.3) is 5.56 Å². The first-order valence-electron chi connectivity index (χ1n) is 6.22. The van der Waals surface area contributed by atoms with Gasteiger partial charge in [0.15, 0.2) is 0 Å². The summed E-state index contributed by atoms with van der Waals surface area (Å²) in [4.78, 5) is 13.9. The highest BCUT2D eigenvalue weighted by Crippen LogP contribution is 2.19. The highest BCUT2D eigenvalue weighted by atomic mass is 35.5. The van der Waals surface area contributed by atoms with Crippen molar-refractivity contribution in [3.63, 3.8) is 0 Å². The van der Waals surface area contributed by atoms with Crippen LogP contribution in [0, 0.1) is 0 Å². The first-order valence-corrected chi connectivity index (χ1v) is 6.60. The molecule has 1 aromatic rings. The van der Waals surface area contributed by atoms with Gasteiger partial charge in [0.05, 0.1) is 25.0 Å². The summed E-state index contributed by atoms with van der Waals surface area (Å²) in [6.07, 6.45) is 2.59. The predicted octanol–water partition coefficient (Wildman–Crippen LogP) is 0.589. The zero-order valence-electron chi connectivity index (χ0n) is 11.6. The number of aromatic nitrogens is 2. The van der Waals surface area contributed by atoms with E-state index in [9.17, 15) is 4.79 Å². The van der Waals surface area contributed by atoms with Crippen LogP contribution >= 0.6 is 11.6 Å². The van der Waals surface area contributed by atoms with Gasteiger partial charge in [-0.15, -0.1) is 0 Å². The van der Waals surface area contributed by atoms with E-state index in [4.69, 9.17) is 16.3 Å². The molecule has 0 aliphatic carbocycles. The molecule has 0 atom stereocenters. The molecule has 19 heavy (non-hydrogen) atoms. The van der Waals surface area contributed by atoms with E-state index in [1.807, 2.05) is 19.0 Å². The van der Waals surface area contributed by atoms with Crippen LogP contribution in [0.1, 0.15) is 6.42 Å². The number of hydrogen-bond acceptors (Lipinski definition) is 5. The van der Waals surface area contributed by atoms with E-state index in [0.29, 0.717) is 18.8 Å². The highest BCUT2D eigenvalue weighted by Gasteiger charge is 2.12. The average molecular weight is 289 g/mol. The van der Waals surface area contributed by atoms with Gasteiger partial charge in [-0.2, -0.15) is 5.10 Å². The van der Waals surface area contributed by atoms with Gasteiger partial charge < -0.3 is 15.0 Å². The maximum absolute atomic E-state index is 12.0. The van der Waals surface area contributed by atoms with E-state index < -0.39 is 0 Å².